The predicted octanol–water partition coefficient (Wildman–Crippen LogP) is 6.21. The van der Waals surface area contributed by atoms with Gasteiger partial charge in [0.05, 0.1) is 19.0 Å². The Hall–Kier alpha value is 0.0200. The Morgan fingerprint density at radius 1 is 1.10 bits per heavy atom. The average Bonchev–Trinajstić information content (AvgIpc) is 2.48. The van der Waals surface area contributed by atoms with Crippen LogP contribution < -0.4 is 9.47 Å². The molecule has 0 aromatic heterocycles. The summed E-state index contributed by atoms with van der Waals surface area (Å²) in [5.74, 6) is 1.48. The molecule has 0 heterocycles. The lowest BCUT2D eigenvalue weighted by Gasteiger charge is -2.18. The second kappa shape index (κ2) is 7.53. The minimum atomic E-state index is -0.0275. The van der Waals surface area contributed by atoms with Crippen molar-refractivity contribution in [3.05, 3.63) is 54.5 Å². The highest BCUT2D eigenvalue weighted by atomic mass is 127. The monoisotopic (exact) mass is 544 g/mol. The van der Waals surface area contributed by atoms with Crippen LogP contribution in [-0.4, -0.2) is 14.2 Å². The van der Waals surface area contributed by atoms with Crippen LogP contribution in [0.3, 0.4) is 0 Å². The molecule has 21 heavy (non-hydrogen) atoms. The molecule has 112 valence electrons. The fourth-order valence-corrected chi connectivity index (χ4v) is 4.67. The maximum atomic E-state index is 6.12. The van der Waals surface area contributed by atoms with E-state index in [-0.39, 0.29) is 4.83 Å². The van der Waals surface area contributed by atoms with E-state index in [2.05, 4.69) is 54.5 Å². The van der Waals surface area contributed by atoms with Crippen molar-refractivity contribution in [2.75, 3.05) is 14.2 Å². The molecule has 0 fully saturated rings. The van der Waals surface area contributed by atoms with Crippen LogP contribution in [0.15, 0.2) is 34.8 Å². The molecule has 0 saturated carbocycles. The molecule has 0 aliphatic rings. The Morgan fingerprint density at radius 3 is 2.43 bits per heavy atom. The largest absolute Gasteiger partial charge is 0.495 e. The van der Waals surface area contributed by atoms with E-state index in [4.69, 9.17) is 21.1 Å². The molecule has 0 radical (unpaired) electrons. The van der Waals surface area contributed by atoms with E-state index in [9.17, 15) is 0 Å². The second-order valence-electron chi connectivity index (χ2n) is 4.23. The van der Waals surface area contributed by atoms with Gasteiger partial charge in [0.1, 0.15) is 16.0 Å². The van der Waals surface area contributed by atoms with Gasteiger partial charge in [-0.3, -0.25) is 0 Å². The van der Waals surface area contributed by atoms with Crippen LogP contribution in [0, 0.1) is 3.57 Å². The van der Waals surface area contributed by atoms with E-state index < -0.39 is 0 Å². The van der Waals surface area contributed by atoms with Gasteiger partial charge in [-0.2, -0.15) is 0 Å². The highest BCUT2D eigenvalue weighted by molar-refractivity contribution is 14.1. The Bertz CT molecular complexity index is 664. The zero-order valence-corrected chi connectivity index (χ0v) is 17.4. The first-order chi connectivity index (χ1) is 9.99. The maximum Gasteiger partial charge on any atom is 0.141 e. The van der Waals surface area contributed by atoms with Crippen molar-refractivity contribution in [3.63, 3.8) is 0 Å². The van der Waals surface area contributed by atoms with Crippen molar-refractivity contribution < 1.29 is 9.47 Å². The number of halogens is 4. The first-order valence-corrected chi connectivity index (χ1v) is 9.15. The number of benzene rings is 2. The van der Waals surface area contributed by atoms with Crippen LogP contribution in [0.2, 0.25) is 5.02 Å². The average molecular weight is 546 g/mol. The lowest BCUT2D eigenvalue weighted by Crippen LogP contribution is -2.01. The zero-order chi connectivity index (χ0) is 15.6. The molecule has 0 N–H and O–H groups in total. The quantitative estimate of drug-likeness (QED) is 0.336. The summed E-state index contributed by atoms with van der Waals surface area (Å²) in [4.78, 5) is -0.0275. The number of rotatable bonds is 4. The van der Waals surface area contributed by atoms with Crippen LogP contribution in [0.1, 0.15) is 16.0 Å². The standard InChI is InChI=1S/C15H12Br2ClIO2/c1-20-12-6-4-9(15(21-2)14(12)17)13(16)10-7-8(18)3-5-11(10)19/h3-7,13H,1-2H3. The van der Waals surface area contributed by atoms with Crippen molar-refractivity contribution in [1.82, 2.24) is 0 Å². The zero-order valence-electron chi connectivity index (χ0n) is 11.3. The van der Waals surface area contributed by atoms with Gasteiger partial charge < -0.3 is 9.47 Å². The Balaban J connectivity index is 2.55. The fraction of sp³-hybridized carbons (Fsp3) is 0.200. The summed E-state index contributed by atoms with van der Waals surface area (Å²) >= 11 is 15.7. The van der Waals surface area contributed by atoms with Crippen molar-refractivity contribution in [1.29, 1.82) is 0 Å². The highest BCUT2D eigenvalue weighted by Gasteiger charge is 2.21. The molecule has 0 amide bonds. The number of ether oxygens (including phenoxy) is 2. The van der Waals surface area contributed by atoms with Crippen molar-refractivity contribution in [3.8, 4) is 11.5 Å². The smallest absolute Gasteiger partial charge is 0.141 e. The molecule has 0 spiro atoms. The maximum absolute atomic E-state index is 6.12. The second-order valence-corrected chi connectivity index (χ2v) is 7.54. The van der Waals surface area contributed by atoms with Gasteiger partial charge in [0.25, 0.3) is 0 Å². The summed E-state index contributed by atoms with van der Waals surface area (Å²) in [5.41, 5.74) is 2.10. The lowest BCUT2D eigenvalue weighted by molar-refractivity contribution is 0.386. The lowest BCUT2D eigenvalue weighted by atomic mass is 10.0. The van der Waals surface area contributed by atoms with Crippen molar-refractivity contribution >= 4 is 66.1 Å². The van der Waals surface area contributed by atoms with Gasteiger partial charge in [-0.05, 0) is 68.3 Å². The Kier molecular flexibility index (Phi) is 6.23. The summed E-state index contributed by atoms with van der Waals surface area (Å²) in [6.45, 7) is 0. The molecule has 0 saturated heterocycles. The third kappa shape index (κ3) is 3.68. The fourth-order valence-electron chi connectivity index (χ4n) is 1.99. The minimum Gasteiger partial charge on any atom is -0.495 e. The number of methoxy groups -OCH3 is 2. The SMILES string of the molecule is COc1ccc(C(Br)c2cc(Cl)ccc2I)c(OC)c1Br. The van der Waals surface area contributed by atoms with Gasteiger partial charge in [0.15, 0.2) is 0 Å². The Morgan fingerprint density at radius 2 is 1.81 bits per heavy atom. The molecular weight excluding hydrogens is 534 g/mol. The Labute approximate surface area is 159 Å². The van der Waals surface area contributed by atoms with Crippen LogP contribution in [0.25, 0.3) is 0 Å². The van der Waals surface area contributed by atoms with Gasteiger partial charge in [0.2, 0.25) is 0 Å². The molecule has 1 atom stereocenters. The van der Waals surface area contributed by atoms with Crippen LogP contribution in [-0.2, 0) is 0 Å². The van der Waals surface area contributed by atoms with Crippen molar-refractivity contribution in [2.45, 2.75) is 4.83 Å². The van der Waals surface area contributed by atoms with E-state index >= 15 is 0 Å². The van der Waals surface area contributed by atoms with E-state index in [0.717, 1.165) is 30.7 Å². The third-order valence-corrected chi connectivity index (χ3v) is 5.98. The summed E-state index contributed by atoms with van der Waals surface area (Å²) in [6, 6.07) is 9.73. The van der Waals surface area contributed by atoms with E-state index in [1.807, 2.05) is 30.3 Å². The summed E-state index contributed by atoms with van der Waals surface area (Å²) < 4.78 is 12.8. The van der Waals surface area contributed by atoms with Crippen molar-refractivity contribution in [2.24, 2.45) is 0 Å². The third-order valence-electron chi connectivity index (χ3n) is 3.02. The van der Waals surface area contributed by atoms with E-state index in [1.54, 1.807) is 14.2 Å². The molecule has 1 unspecified atom stereocenters. The molecular formula is C15H12Br2ClIO2. The molecule has 0 bridgehead atoms. The molecule has 6 heteroatoms. The molecule has 2 aromatic rings. The number of hydrogen-bond acceptors (Lipinski definition) is 2. The molecule has 2 nitrogen and oxygen atoms in total. The van der Waals surface area contributed by atoms with Gasteiger partial charge >= 0.3 is 0 Å². The predicted molar refractivity (Wildman–Crippen MR) is 102 cm³/mol. The van der Waals surface area contributed by atoms with Gasteiger partial charge in [-0.25, -0.2) is 0 Å². The summed E-state index contributed by atoms with van der Waals surface area (Å²) in [7, 11) is 3.27. The van der Waals surface area contributed by atoms with E-state index in [1.165, 1.54) is 0 Å². The first kappa shape index (κ1) is 17.4. The molecule has 0 aliphatic heterocycles. The number of hydrogen-bond donors (Lipinski definition) is 0. The van der Waals surface area contributed by atoms with Gasteiger partial charge in [0, 0.05) is 14.2 Å². The van der Waals surface area contributed by atoms with E-state index in [0.29, 0.717) is 5.02 Å². The number of alkyl halides is 1. The topological polar surface area (TPSA) is 18.5 Å². The summed E-state index contributed by atoms with van der Waals surface area (Å²) in [5, 5.41) is 0.710. The molecule has 2 aromatic carbocycles. The molecule has 2 rings (SSSR count). The van der Waals surface area contributed by atoms with Crippen LogP contribution >= 0.6 is 66.1 Å². The van der Waals surface area contributed by atoms with Gasteiger partial charge in [-0.15, -0.1) is 0 Å². The minimum absolute atomic E-state index is 0.0275. The molecule has 0 aliphatic carbocycles. The van der Waals surface area contributed by atoms with Crippen LogP contribution in [0.4, 0.5) is 0 Å². The summed E-state index contributed by atoms with van der Waals surface area (Å²) in [6.07, 6.45) is 0. The normalized spacial score (nSPS) is 12.1. The first-order valence-electron chi connectivity index (χ1n) is 5.99. The van der Waals surface area contributed by atoms with Gasteiger partial charge in [-0.1, -0.05) is 33.6 Å². The highest BCUT2D eigenvalue weighted by Crippen LogP contribution is 2.45. The van der Waals surface area contributed by atoms with Crippen LogP contribution in [0.5, 0.6) is 11.5 Å².